The van der Waals surface area contributed by atoms with Gasteiger partial charge in [0.25, 0.3) is 0 Å². The standard InChI is InChI=1S/C16H22O3S/c17-9-4-7-14-13-11-16(13,15(19-14)8-10-18)20-12-5-2-1-3-6-12/h1-3,5-6,13-15,17-18H,4,7-11H2/t13-,14+,15-,16+/m1/s1. The molecule has 0 unspecified atom stereocenters. The van der Waals surface area contributed by atoms with Crippen LogP contribution in [-0.2, 0) is 4.74 Å². The van der Waals surface area contributed by atoms with Gasteiger partial charge in [0.05, 0.1) is 17.0 Å². The maximum absolute atomic E-state index is 9.28. The predicted molar refractivity (Wildman–Crippen MR) is 79.8 cm³/mol. The van der Waals surface area contributed by atoms with E-state index in [0.717, 1.165) is 12.8 Å². The van der Waals surface area contributed by atoms with Crippen molar-refractivity contribution in [3.8, 4) is 0 Å². The summed E-state index contributed by atoms with van der Waals surface area (Å²) in [5, 5.41) is 18.3. The number of thioether (sulfide) groups is 1. The van der Waals surface area contributed by atoms with Crippen molar-refractivity contribution in [2.45, 2.75) is 47.5 Å². The van der Waals surface area contributed by atoms with Gasteiger partial charge >= 0.3 is 0 Å². The summed E-state index contributed by atoms with van der Waals surface area (Å²) in [6.45, 7) is 0.414. The summed E-state index contributed by atoms with van der Waals surface area (Å²) in [7, 11) is 0. The second-order valence-electron chi connectivity index (χ2n) is 5.72. The molecule has 1 aliphatic heterocycles. The third-order valence-electron chi connectivity index (χ3n) is 4.43. The zero-order valence-corrected chi connectivity index (χ0v) is 12.4. The molecule has 110 valence electrons. The molecule has 4 atom stereocenters. The third kappa shape index (κ3) is 2.62. The number of fused-ring (bicyclic) bond motifs is 1. The third-order valence-corrected chi connectivity index (χ3v) is 6.05. The van der Waals surface area contributed by atoms with Gasteiger partial charge in [-0.05, 0) is 37.8 Å². The van der Waals surface area contributed by atoms with Crippen LogP contribution in [0.3, 0.4) is 0 Å². The largest absolute Gasteiger partial charge is 0.396 e. The minimum Gasteiger partial charge on any atom is -0.396 e. The van der Waals surface area contributed by atoms with Gasteiger partial charge in [0.15, 0.2) is 0 Å². The fourth-order valence-electron chi connectivity index (χ4n) is 3.40. The molecule has 1 aromatic rings. The number of hydrogen-bond donors (Lipinski definition) is 2. The first-order valence-electron chi connectivity index (χ1n) is 7.41. The summed E-state index contributed by atoms with van der Waals surface area (Å²) in [6.07, 6.45) is 4.03. The Balaban J connectivity index is 1.71. The number of benzene rings is 1. The minimum atomic E-state index is 0.145. The fraction of sp³-hybridized carbons (Fsp3) is 0.625. The van der Waals surface area contributed by atoms with Gasteiger partial charge in [0.1, 0.15) is 0 Å². The second kappa shape index (κ2) is 6.06. The zero-order valence-electron chi connectivity index (χ0n) is 11.6. The second-order valence-corrected chi connectivity index (χ2v) is 7.16. The summed E-state index contributed by atoms with van der Waals surface area (Å²) in [4.78, 5) is 1.28. The monoisotopic (exact) mass is 294 g/mol. The molecule has 0 amide bonds. The molecule has 0 radical (unpaired) electrons. The Hall–Kier alpha value is -0.550. The molecule has 1 aliphatic carbocycles. The van der Waals surface area contributed by atoms with Gasteiger partial charge < -0.3 is 14.9 Å². The molecule has 1 aromatic carbocycles. The molecule has 2 fully saturated rings. The topological polar surface area (TPSA) is 49.7 Å². The van der Waals surface area contributed by atoms with Crippen molar-refractivity contribution in [3.05, 3.63) is 30.3 Å². The van der Waals surface area contributed by atoms with Crippen LogP contribution >= 0.6 is 11.8 Å². The van der Waals surface area contributed by atoms with Crippen molar-refractivity contribution < 1.29 is 14.9 Å². The molecule has 1 saturated carbocycles. The van der Waals surface area contributed by atoms with Crippen molar-refractivity contribution in [3.63, 3.8) is 0 Å². The lowest BCUT2D eigenvalue weighted by Crippen LogP contribution is -2.26. The molecule has 20 heavy (non-hydrogen) atoms. The molecule has 2 N–H and O–H groups in total. The highest BCUT2D eigenvalue weighted by molar-refractivity contribution is 8.01. The highest BCUT2D eigenvalue weighted by atomic mass is 32.2. The molecule has 4 heteroatoms. The average molecular weight is 294 g/mol. The molecule has 2 aliphatic rings. The zero-order chi connectivity index (χ0) is 14.0. The van der Waals surface area contributed by atoms with Crippen LogP contribution in [0.5, 0.6) is 0 Å². The van der Waals surface area contributed by atoms with Crippen molar-refractivity contribution in [2.75, 3.05) is 13.2 Å². The lowest BCUT2D eigenvalue weighted by molar-refractivity contribution is -0.000778. The van der Waals surface area contributed by atoms with Gasteiger partial charge in [-0.2, -0.15) is 0 Å². The summed E-state index contributed by atoms with van der Waals surface area (Å²) < 4.78 is 6.31. The molecule has 3 nitrogen and oxygen atoms in total. The van der Waals surface area contributed by atoms with E-state index in [0.29, 0.717) is 12.3 Å². The van der Waals surface area contributed by atoms with Crippen LogP contribution in [0.1, 0.15) is 25.7 Å². The lowest BCUT2D eigenvalue weighted by atomic mass is 10.1. The first-order chi connectivity index (χ1) is 9.80. The first kappa shape index (κ1) is 14.4. The van der Waals surface area contributed by atoms with Gasteiger partial charge in [-0.25, -0.2) is 0 Å². The van der Waals surface area contributed by atoms with E-state index in [-0.39, 0.29) is 30.2 Å². The molecular formula is C16H22O3S. The highest BCUT2D eigenvalue weighted by Crippen LogP contribution is 2.67. The smallest absolute Gasteiger partial charge is 0.0754 e. The van der Waals surface area contributed by atoms with E-state index in [1.165, 1.54) is 11.3 Å². The molecule has 1 saturated heterocycles. The summed E-state index contributed by atoms with van der Waals surface area (Å²) >= 11 is 1.91. The van der Waals surface area contributed by atoms with E-state index in [4.69, 9.17) is 9.84 Å². The number of aliphatic hydroxyl groups is 2. The van der Waals surface area contributed by atoms with Crippen molar-refractivity contribution in [1.82, 2.24) is 0 Å². The van der Waals surface area contributed by atoms with Crippen LogP contribution in [0.25, 0.3) is 0 Å². The Morgan fingerprint density at radius 1 is 1.15 bits per heavy atom. The molecule has 0 spiro atoms. The SMILES string of the molecule is OCCC[C@@H]1O[C@H](CCO)[C@]2(Sc3ccccc3)C[C@H]12. The molecule has 0 aromatic heterocycles. The van der Waals surface area contributed by atoms with Gasteiger partial charge in [-0.1, -0.05) is 18.2 Å². The van der Waals surface area contributed by atoms with E-state index in [2.05, 4.69) is 24.3 Å². The predicted octanol–water partition coefficient (Wildman–Crippen LogP) is 2.46. The van der Waals surface area contributed by atoms with E-state index >= 15 is 0 Å². The molecule has 0 bridgehead atoms. The van der Waals surface area contributed by atoms with Crippen molar-refractivity contribution >= 4 is 11.8 Å². The van der Waals surface area contributed by atoms with E-state index < -0.39 is 0 Å². The van der Waals surface area contributed by atoms with Gasteiger partial charge in [0.2, 0.25) is 0 Å². The van der Waals surface area contributed by atoms with Crippen LogP contribution < -0.4 is 0 Å². The maximum atomic E-state index is 9.28. The Morgan fingerprint density at radius 3 is 2.65 bits per heavy atom. The summed E-state index contributed by atoms with van der Waals surface area (Å²) in [5.41, 5.74) is 0. The Morgan fingerprint density at radius 2 is 1.95 bits per heavy atom. The van der Waals surface area contributed by atoms with Gasteiger partial charge in [0, 0.05) is 24.0 Å². The summed E-state index contributed by atoms with van der Waals surface area (Å²) in [5.74, 6) is 0.579. The lowest BCUT2D eigenvalue weighted by Gasteiger charge is -2.22. The minimum absolute atomic E-state index is 0.145. The van der Waals surface area contributed by atoms with E-state index in [9.17, 15) is 5.11 Å². The number of hydrogen-bond acceptors (Lipinski definition) is 4. The van der Waals surface area contributed by atoms with E-state index in [1.54, 1.807) is 0 Å². The molecule has 1 heterocycles. The Kier molecular flexibility index (Phi) is 4.36. The van der Waals surface area contributed by atoms with Gasteiger partial charge in [-0.3, -0.25) is 0 Å². The van der Waals surface area contributed by atoms with Crippen LogP contribution in [-0.4, -0.2) is 40.4 Å². The van der Waals surface area contributed by atoms with E-state index in [1.807, 2.05) is 17.8 Å². The van der Waals surface area contributed by atoms with Crippen molar-refractivity contribution in [2.24, 2.45) is 5.92 Å². The molecule has 3 rings (SSSR count). The number of ether oxygens (including phenoxy) is 1. The Bertz CT molecular complexity index is 439. The van der Waals surface area contributed by atoms with Crippen LogP contribution in [0, 0.1) is 5.92 Å². The quantitative estimate of drug-likeness (QED) is 0.811. The first-order valence-corrected chi connectivity index (χ1v) is 8.23. The normalized spacial score (nSPS) is 35.0. The average Bonchev–Trinajstić information content (AvgIpc) is 3.12. The van der Waals surface area contributed by atoms with Crippen LogP contribution in [0.4, 0.5) is 0 Å². The fourth-order valence-corrected chi connectivity index (χ4v) is 5.01. The molecular weight excluding hydrogens is 272 g/mol. The summed E-state index contributed by atoms with van der Waals surface area (Å²) in [6, 6.07) is 10.5. The maximum Gasteiger partial charge on any atom is 0.0754 e. The van der Waals surface area contributed by atoms with Crippen LogP contribution in [0.15, 0.2) is 35.2 Å². The highest BCUT2D eigenvalue weighted by Gasteiger charge is 2.68. The van der Waals surface area contributed by atoms with Gasteiger partial charge in [-0.15, -0.1) is 11.8 Å². The van der Waals surface area contributed by atoms with Crippen LogP contribution in [0.2, 0.25) is 0 Å². The number of rotatable bonds is 7. The number of aliphatic hydroxyl groups excluding tert-OH is 2. The van der Waals surface area contributed by atoms with Crippen molar-refractivity contribution in [1.29, 1.82) is 0 Å². The Labute approximate surface area is 124 Å².